The van der Waals surface area contributed by atoms with Crippen molar-refractivity contribution in [3.05, 3.63) is 65.7 Å². The lowest BCUT2D eigenvalue weighted by Gasteiger charge is -2.32. The molecule has 2 aliphatic rings. The van der Waals surface area contributed by atoms with E-state index >= 15 is 0 Å². The number of carbonyl (C=O) groups excluding carboxylic acids is 8. The van der Waals surface area contributed by atoms with Crippen molar-refractivity contribution < 1.29 is 68.4 Å². The van der Waals surface area contributed by atoms with Gasteiger partial charge in [0.1, 0.15) is 48.0 Å². The van der Waals surface area contributed by atoms with Gasteiger partial charge in [-0.1, -0.05) is 42.5 Å². The third-order valence-electron chi connectivity index (χ3n) is 11.1. The van der Waals surface area contributed by atoms with Crippen LogP contribution in [0.15, 0.2) is 54.6 Å². The van der Waals surface area contributed by atoms with Crippen LogP contribution in [0.2, 0.25) is 0 Å². The maximum absolute atomic E-state index is 14.1. The molecule has 66 heavy (non-hydrogen) atoms. The maximum atomic E-state index is 14.1. The summed E-state index contributed by atoms with van der Waals surface area (Å²) >= 11 is 0. The molecule has 23 heteroatoms. The number of amides is 8. The first-order chi connectivity index (χ1) is 31.3. The molecule has 0 bridgehead atoms. The third-order valence-corrected chi connectivity index (χ3v) is 11.1. The van der Waals surface area contributed by atoms with Crippen LogP contribution in [0.4, 0.5) is 0 Å². The van der Waals surface area contributed by atoms with Crippen LogP contribution in [-0.2, 0) is 60.8 Å². The van der Waals surface area contributed by atoms with Gasteiger partial charge in [0.05, 0.1) is 19.1 Å². The summed E-state index contributed by atoms with van der Waals surface area (Å²) in [5, 5.41) is 51.0. The fraction of sp³-hybridized carbons (Fsp3) is 0.488. The van der Waals surface area contributed by atoms with Gasteiger partial charge in [-0.2, -0.15) is 0 Å². The Hall–Kier alpha value is -7.14. The topological polar surface area (TPSA) is 370 Å². The Morgan fingerprint density at radius 2 is 1.18 bits per heavy atom. The van der Waals surface area contributed by atoms with Crippen molar-refractivity contribution in [3.8, 4) is 5.75 Å². The molecule has 8 amide bonds. The zero-order chi connectivity index (χ0) is 48.7. The minimum atomic E-state index is -1.94. The summed E-state index contributed by atoms with van der Waals surface area (Å²) in [5.41, 5.74) is 12.1. The zero-order valence-corrected chi connectivity index (χ0v) is 36.2. The second-order valence-corrected chi connectivity index (χ2v) is 16.2. The number of likely N-dealkylation sites (tertiary alicyclic amines) is 2. The molecule has 2 heterocycles. The van der Waals surface area contributed by atoms with E-state index in [1.54, 1.807) is 30.3 Å². The highest BCUT2D eigenvalue weighted by Gasteiger charge is 2.43. The molecule has 358 valence electrons. The van der Waals surface area contributed by atoms with E-state index in [1.807, 2.05) is 0 Å². The molecule has 0 radical (unpaired) electrons. The molecule has 23 nitrogen and oxygen atoms in total. The van der Waals surface area contributed by atoms with E-state index in [4.69, 9.17) is 11.5 Å². The molecule has 0 spiro atoms. The van der Waals surface area contributed by atoms with Crippen LogP contribution in [0, 0.1) is 0 Å². The van der Waals surface area contributed by atoms with Gasteiger partial charge in [0.2, 0.25) is 47.3 Å². The Balaban J connectivity index is 1.52. The molecule has 2 aliphatic heterocycles. The smallest absolute Gasteiger partial charge is 0.326 e. The number of carboxylic acid groups (broad SMARTS) is 2. The van der Waals surface area contributed by atoms with E-state index in [9.17, 15) is 68.4 Å². The largest absolute Gasteiger partial charge is 0.508 e. The molecular formula is C43H57N9O14. The van der Waals surface area contributed by atoms with Gasteiger partial charge in [0.15, 0.2) is 0 Å². The number of phenols is 1. The summed E-state index contributed by atoms with van der Waals surface area (Å²) in [6.07, 6.45) is -1.01. The second kappa shape index (κ2) is 24.2. The summed E-state index contributed by atoms with van der Waals surface area (Å²) in [6.45, 7) is 0.942. The van der Waals surface area contributed by atoms with Crippen LogP contribution in [0.1, 0.15) is 63.0 Å². The molecule has 2 aromatic carbocycles. The summed E-state index contributed by atoms with van der Waals surface area (Å²) in [4.78, 5) is 134. The lowest BCUT2D eigenvalue weighted by Crippen LogP contribution is -2.60. The molecule has 0 aliphatic carbocycles. The first-order valence-electron chi connectivity index (χ1n) is 21.3. The van der Waals surface area contributed by atoms with E-state index in [0.29, 0.717) is 36.9 Å². The molecule has 4 rings (SSSR count). The molecule has 13 N–H and O–H groups in total. The SMILES string of the molecule is C[C@H](N)C(=O)N1CCC[C@H]1C(=O)N1CCC[C@H]1C(=O)N[C@@H](Cc1ccc(O)cc1)C(=O)N[C@@H](CC(=O)O)C(=O)N[C@@H](CCC(N)=O)C(=O)N[C@@H](CO)C(=O)N[C@@H](Cc1ccccc1)C(=O)O. The van der Waals surface area contributed by atoms with E-state index in [1.165, 1.54) is 41.0 Å². The summed E-state index contributed by atoms with van der Waals surface area (Å²) < 4.78 is 0. The number of aromatic hydroxyl groups is 1. The highest BCUT2D eigenvalue weighted by Crippen LogP contribution is 2.26. The average Bonchev–Trinajstić information content (AvgIpc) is 3.98. The number of nitrogens with two attached hydrogens (primary N) is 2. The number of primary amides is 1. The monoisotopic (exact) mass is 923 g/mol. The summed E-state index contributed by atoms with van der Waals surface area (Å²) in [7, 11) is 0. The van der Waals surface area contributed by atoms with Gasteiger partial charge in [-0.05, 0) is 62.3 Å². The van der Waals surface area contributed by atoms with Gasteiger partial charge in [0.25, 0.3) is 0 Å². The molecular weight excluding hydrogens is 867 g/mol. The molecule has 0 unspecified atom stereocenters. The molecule has 2 aromatic rings. The molecule has 8 atom stereocenters. The van der Waals surface area contributed by atoms with Crippen LogP contribution in [0.25, 0.3) is 0 Å². The number of carboxylic acids is 2. The van der Waals surface area contributed by atoms with Crippen LogP contribution in [0.3, 0.4) is 0 Å². The van der Waals surface area contributed by atoms with Gasteiger partial charge in [-0.15, -0.1) is 0 Å². The quantitative estimate of drug-likeness (QED) is 0.0522. The Kier molecular flexibility index (Phi) is 18.9. The number of rotatable bonds is 23. The van der Waals surface area contributed by atoms with Crippen molar-refractivity contribution in [1.29, 1.82) is 0 Å². The van der Waals surface area contributed by atoms with Gasteiger partial charge < -0.3 is 68.3 Å². The van der Waals surface area contributed by atoms with Crippen LogP contribution >= 0.6 is 0 Å². The minimum Gasteiger partial charge on any atom is -0.508 e. The predicted molar refractivity (Wildman–Crippen MR) is 230 cm³/mol. The Labute approximate surface area is 379 Å². The average molecular weight is 924 g/mol. The Morgan fingerprint density at radius 3 is 1.77 bits per heavy atom. The number of aliphatic hydroxyl groups excluding tert-OH is 1. The van der Waals surface area contributed by atoms with Gasteiger partial charge in [-0.25, -0.2) is 4.79 Å². The first-order valence-corrected chi connectivity index (χ1v) is 21.3. The fourth-order valence-corrected chi connectivity index (χ4v) is 7.66. The van der Waals surface area contributed by atoms with Crippen molar-refractivity contribution >= 4 is 59.2 Å². The first kappa shape index (κ1) is 51.5. The van der Waals surface area contributed by atoms with Crippen molar-refractivity contribution in [2.75, 3.05) is 19.7 Å². The van der Waals surface area contributed by atoms with Gasteiger partial charge >= 0.3 is 11.9 Å². The number of hydrogen-bond acceptors (Lipinski definition) is 13. The van der Waals surface area contributed by atoms with Crippen molar-refractivity contribution in [3.63, 3.8) is 0 Å². The Bertz CT molecular complexity index is 2110. The highest BCUT2D eigenvalue weighted by molar-refractivity contribution is 5.99. The number of carbonyl (C=O) groups is 10. The lowest BCUT2D eigenvalue weighted by atomic mass is 10.0. The molecule has 0 saturated carbocycles. The number of aliphatic carboxylic acids is 2. The van der Waals surface area contributed by atoms with Crippen LogP contribution < -0.4 is 38.1 Å². The number of benzene rings is 2. The summed E-state index contributed by atoms with van der Waals surface area (Å²) in [5.74, 6) is -10.3. The van der Waals surface area contributed by atoms with Crippen LogP contribution in [-0.4, -0.2) is 157 Å². The fourth-order valence-electron chi connectivity index (χ4n) is 7.66. The lowest BCUT2D eigenvalue weighted by molar-refractivity contribution is -0.147. The number of nitrogens with zero attached hydrogens (tertiary/aromatic N) is 2. The molecule has 2 saturated heterocycles. The van der Waals surface area contributed by atoms with E-state index in [2.05, 4.69) is 26.6 Å². The number of nitrogens with one attached hydrogen (secondary N) is 5. The normalized spacial score (nSPS) is 18.3. The van der Waals surface area contributed by atoms with E-state index in [0.717, 1.165) is 0 Å². The molecule has 2 fully saturated rings. The standard InChI is InChI=1S/C43H57N9O14/c1-23(44)41(63)52-18-6-10-33(52)42(64)51-17-5-9-32(51)40(62)48-28(19-25-11-13-26(54)14-12-25)37(59)47-29(21-35(56)57)38(60)46-27(15-16-34(45)55)36(58)50-31(22-53)39(61)49-30(43(65)66)20-24-7-3-2-4-8-24/h2-4,7-8,11-14,23,27-33,53-54H,5-6,9-10,15-22,44H2,1H3,(H2,45,55)(H,46,60)(H,47,59)(H,48,62)(H,49,61)(H,50,58)(H,56,57)(H,65,66)/t23-,27-,28-,29-,30-,31-,32-,33-/m0/s1. The maximum Gasteiger partial charge on any atom is 0.326 e. The number of hydrogen-bond donors (Lipinski definition) is 11. The minimum absolute atomic E-state index is 0.112. The van der Waals surface area contributed by atoms with E-state index < -0.39 is 133 Å². The Morgan fingerprint density at radius 1 is 0.667 bits per heavy atom. The summed E-state index contributed by atoms with van der Waals surface area (Å²) in [6, 6.07) is 2.55. The third kappa shape index (κ3) is 14.7. The molecule has 0 aromatic heterocycles. The zero-order valence-electron chi connectivity index (χ0n) is 36.2. The van der Waals surface area contributed by atoms with Gasteiger partial charge in [-0.3, -0.25) is 43.2 Å². The number of phenolic OH excluding ortho intramolecular Hbond substituents is 1. The predicted octanol–water partition coefficient (Wildman–Crippen LogP) is -3.25. The van der Waals surface area contributed by atoms with Gasteiger partial charge in [0, 0.05) is 32.4 Å². The van der Waals surface area contributed by atoms with Crippen molar-refractivity contribution in [1.82, 2.24) is 36.4 Å². The number of aliphatic hydroxyl groups is 1. The van der Waals surface area contributed by atoms with E-state index in [-0.39, 0.29) is 31.6 Å². The van der Waals surface area contributed by atoms with Crippen LogP contribution in [0.5, 0.6) is 5.75 Å². The highest BCUT2D eigenvalue weighted by atomic mass is 16.4. The van der Waals surface area contributed by atoms with Crippen molar-refractivity contribution in [2.45, 2.75) is 113 Å². The second-order valence-electron chi connectivity index (χ2n) is 16.2. The van der Waals surface area contributed by atoms with Crippen molar-refractivity contribution in [2.24, 2.45) is 11.5 Å².